The third kappa shape index (κ3) is 4.70. The van der Waals surface area contributed by atoms with Crippen molar-refractivity contribution in [1.29, 1.82) is 0 Å². The van der Waals surface area contributed by atoms with Gasteiger partial charge in [0.2, 0.25) is 5.91 Å². The van der Waals surface area contributed by atoms with E-state index in [9.17, 15) is 4.79 Å². The molecule has 6 nitrogen and oxygen atoms in total. The van der Waals surface area contributed by atoms with E-state index in [1.807, 2.05) is 36.4 Å². The van der Waals surface area contributed by atoms with E-state index in [-0.39, 0.29) is 5.92 Å². The zero-order chi connectivity index (χ0) is 20.2. The van der Waals surface area contributed by atoms with E-state index >= 15 is 0 Å². The van der Waals surface area contributed by atoms with Gasteiger partial charge in [-0.2, -0.15) is 0 Å². The van der Waals surface area contributed by atoms with E-state index in [1.54, 1.807) is 0 Å². The van der Waals surface area contributed by atoms with Gasteiger partial charge in [0.05, 0.1) is 11.6 Å². The van der Waals surface area contributed by atoms with E-state index in [4.69, 9.17) is 11.6 Å². The van der Waals surface area contributed by atoms with Gasteiger partial charge in [-0.1, -0.05) is 30.7 Å². The summed E-state index contributed by atoms with van der Waals surface area (Å²) in [4.78, 5) is 19.7. The standard InChI is InChI=1S/C22H28ClN5O/c1-2-26-12-14-27(15-13-26)22(29)18-4-3-11-28(16-18)21-10-9-20(24-25-21)17-5-7-19(23)8-6-17/h5-10,18H,2-4,11-16H2,1H3. The SMILES string of the molecule is CCN1CCN(C(=O)C2CCCN(c3ccc(-c4ccc(Cl)cc4)nn3)C2)CC1. The van der Waals surface area contributed by atoms with Gasteiger partial charge >= 0.3 is 0 Å². The highest BCUT2D eigenvalue weighted by Gasteiger charge is 2.31. The lowest BCUT2D eigenvalue weighted by molar-refractivity contribution is -0.137. The highest BCUT2D eigenvalue weighted by Crippen LogP contribution is 2.25. The summed E-state index contributed by atoms with van der Waals surface area (Å²) in [6, 6.07) is 11.6. The smallest absolute Gasteiger partial charge is 0.227 e. The fraction of sp³-hybridized carbons (Fsp3) is 0.500. The van der Waals surface area contributed by atoms with Crippen molar-refractivity contribution in [3.8, 4) is 11.3 Å². The molecule has 4 rings (SSSR count). The lowest BCUT2D eigenvalue weighted by Crippen LogP contribution is -2.52. The zero-order valence-electron chi connectivity index (χ0n) is 16.9. The quantitative estimate of drug-likeness (QED) is 0.770. The maximum atomic E-state index is 13.0. The molecule has 2 aliphatic rings. The molecule has 1 aromatic carbocycles. The summed E-state index contributed by atoms with van der Waals surface area (Å²) >= 11 is 5.96. The van der Waals surface area contributed by atoms with Crippen LogP contribution in [0.2, 0.25) is 5.02 Å². The number of piperazine rings is 1. The first-order valence-electron chi connectivity index (χ1n) is 10.5. The van der Waals surface area contributed by atoms with Crippen LogP contribution in [0.4, 0.5) is 5.82 Å². The number of rotatable bonds is 4. The number of nitrogens with zero attached hydrogens (tertiary/aromatic N) is 5. The molecular weight excluding hydrogens is 386 g/mol. The van der Waals surface area contributed by atoms with Crippen LogP contribution in [0.5, 0.6) is 0 Å². The molecule has 0 bridgehead atoms. The molecule has 1 aromatic heterocycles. The van der Waals surface area contributed by atoms with Crippen LogP contribution in [-0.4, -0.2) is 71.7 Å². The second-order valence-corrected chi connectivity index (χ2v) is 8.26. The Kier molecular flexibility index (Phi) is 6.31. The van der Waals surface area contributed by atoms with Crippen molar-refractivity contribution in [2.75, 3.05) is 50.7 Å². The number of carbonyl (C=O) groups excluding carboxylic acids is 1. The zero-order valence-corrected chi connectivity index (χ0v) is 17.7. The second-order valence-electron chi connectivity index (χ2n) is 7.83. The first-order chi connectivity index (χ1) is 14.1. The summed E-state index contributed by atoms with van der Waals surface area (Å²) in [5, 5.41) is 9.54. The number of anilines is 1. The largest absolute Gasteiger partial charge is 0.354 e. The Hall–Kier alpha value is -2.18. The summed E-state index contributed by atoms with van der Waals surface area (Å²) < 4.78 is 0. The number of amides is 1. The predicted octanol–water partition coefficient (Wildman–Crippen LogP) is 3.18. The molecule has 2 saturated heterocycles. The lowest BCUT2D eigenvalue weighted by Gasteiger charge is -2.39. The van der Waals surface area contributed by atoms with Gasteiger partial charge in [-0.3, -0.25) is 4.79 Å². The number of hydrogen-bond donors (Lipinski definition) is 0. The third-order valence-corrected chi connectivity index (χ3v) is 6.27. The summed E-state index contributed by atoms with van der Waals surface area (Å²) in [6.45, 7) is 8.54. The Morgan fingerprint density at radius 2 is 1.79 bits per heavy atom. The normalized spacial score (nSPS) is 20.7. The average Bonchev–Trinajstić information content (AvgIpc) is 2.79. The van der Waals surface area contributed by atoms with Crippen LogP contribution in [0.1, 0.15) is 19.8 Å². The van der Waals surface area contributed by atoms with Gasteiger partial charge in [0, 0.05) is 49.9 Å². The van der Waals surface area contributed by atoms with Crippen molar-refractivity contribution < 1.29 is 4.79 Å². The van der Waals surface area contributed by atoms with Gasteiger partial charge in [0.1, 0.15) is 0 Å². The molecule has 29 heavy (non-hydrogen) atoms. The van der Waals surface area contributed by atoms with Crippen LogP contribution in [0, 0.1) is 5.92 Å². The van der Waals surface area contributed by atoms with Crippen LogP contribution < -0.4 is 4.90 Å². The summed E-state index contributed by atoms with van der Waals surface area (Å²) in [6.07, 6.45) is 1.96. The average molecular weight is 414 g/mol. The molecule has 2 aliphatic heterocycles. The van der Waals surface area contributed by atoms with Gasteiger partial charge < -0.3 is 14.7 Å². The predicted molar refractivity (Wildman–Crippen MR) is 116 cm³/mol. The molecule has 0 saturated carbocycles. The minimum absolute atomic E-state index is 0.0506. The third-order valence-electron chi connectivity index (χ3n) is 6.02. The first-order valence-corrected chi connectivity index (χ1v) is 10.9. The summed E-state index contributed by atoms with van der Waals surface area (Å²) in [5.41, 5.74) is 1.82. The van der Waals surface area contributed by atoms with E-state index in [0.29, 0.717) is 10.9 Å². The van der Waals surface area contributed by atoms with E-state index < -0.39 is 0 Å². The molecule has 1 atom stereocenters. The van der Waals surface area contributed by atoms with Crippen molar-refractivity contribution in [1.82, 2.24) is 20.0 Å². The fourth-order valence-electron chi connectivity index (χ4n) is 4.20. The molecule has 2 fully saturated rings. The van der Waals surface area contributed by atoms with E-state index in [2.05, 4.69) is 31.8 Å². The molecule has 2 aromatic rings. The Balaban J connectivity index is 1.39. The summed E-state index contributed by atoms with van der Waals surface area (Å²) in [7, 11) is 0. The number of hydrogen-bond acceptors (Lipinski definition) is 5. The molecule has 7 heteroatoms. The van der Waals surface area contributed by atoms with Crippen molar-refractivity contribution in [3.05, 3.63) is 41.4 Å². The van der Waals surface area contributed by atoms with Gasteiger partial charge in [0.15, 0.2) is 5.82 Å². The van der Waals surface area contributed by atoms with Crippen molar-refractivity contribution in [2.45, 2.75) is 19.8 Å². The van der Waals surface area contributed by atoms with Gasteiger partial charge in [-0.25, -0.2) is 0 Å². The van der Waals surface area contributed by atoms with Gasteiger partial charge in [-0.05, 0) is 43.7 Å². The number of benzene rings is 1. The summed E-state index contributed by atoms with van der Waals surface area (Å²) in [5.74, 6) is 1.20. The first kappa shape index (κ1) is 20.1. The molecular formula is C22H28ClN5O. The maximum Gasteiger partial charge on any atom is 0.227 e. The molecule has 0 spiro atoms. The number of likely N-dealkylation sites (N-methyl/N-ethyl adjacent to an activating group) is 1. The van der Waals surface area contributed by atoms with Crippen molar-refractivity contribution in [2.24, 2.45) is 5.92 Å². The molecule has 154 valence electrons. The molecule has 0 radical (unpaired) electrons. The number of aromatic nitrogens is 2. The molecule has 0 N–H and O–H groups in total. The van der Waals surface area contributed by atoms with Crippen LogP contribution >= 0.6 is 11.6 Å². The Morgan fingerprint density at radius 3 is 2.45 bits per heavy atom. The highest BCUT2D eigenvalue weighted by molar-refractivity contribution is 6.30. The number of halogens is 1. The number of carbonyl (C=O) groups is 1. The minimum Gasteiger partial charge on any atom is -0.354 e. The monoisotopic (exact) mass is 413 g/mol. The van der Waals surface area contributed by atoms with E-state index in [1.165, 1.54) is 0 Å². The van der Waals surface area contributed by atoms with Crippen molar-refractivity contribution >= 4 is 23.3 Å². The van der Waals surface area contributed by atoms with Crippen molar-refractivity contribution in [3.63, 3.8) is 0 Å². The molecule has 3 heterocycles. The van der Waals surface area contributed by atoms with Gasteiger partial charge in [0.25, 0.3) is 0 Å². The van der Waals surface area contributed by atoms with Crippen LogP contribution in [0.15, 0.2) is 36.4 Å². The lowest BCUT2D eigenvalue weighted by atomic mass is 9.96. The minimum atomic E-state index is 0.0506. The van der Waals surface area contributed by atoms with Gasteiger partial charge in [-0.15, -0.1) is 10.2 Å². The molecule has 1 unspecified atom stereocenters. The molecule has 1 amide bonds. The maximum absolute atomic E-state index is 13.0. The Morgan fingerprint density at radius 1 is 1.03 bits per heavy atom. The van der Waals surface area contributed by atoms with Crippen LogP contribution in [-0.2, 0) is 4.79 Å². The topological polar surface area (TPSA) is 52.6 Å². The van der Waals surface area contributed by atoms with E-state index in [0.717, 1.165) is 75.7 Å². The fourth-order valence-corrected chi connectivity index (χ4v) is 4.32. The Labute approximate surface area is 177 Å². The van der Waals surface area contributed by atoms with Crippen LogP contribution in [0.25, 0.3) is 11.3 Å². The second kappa shape index (κ2) is 9.09. The Bertz CT molecular complexity index is 818. The number of piperidine rings is 1. The van der Waals surface area contributed by atoms with Crippen LogP contribution in [0.3, 0.4) is 0 Å². The highest BCUT2D eigenvalue weighted by atomic mass is 35.5. The molecule has 0 aliphatic carbocycles.